The van der Waals surface area contributed by atoms with E-state index in [-0.39, 0.29) is 5.82 Å². The van der Waals surface area contributed by atoms with Crippen molar-refractivity contribution >= 4 is 0 Å². The Kier molecular flexibility index (Phi) is 2.26. The van der Waals surface area contributed by atoms with Gasteiger partial charge in [-0.05, 0) is 17.7 Å². The summed E-state index contributed by atoms with van der Waals surface area (Å²) in [6.45, 7) is 0.926. The van der Waals surface area contributed by atoms with Crippen LogP contribution >= 0.6 is 0 Å². The van der Waals surface area contributed by atoms with Crippen LogP contribution in [0.2, 0.25) is 0 Å². The molecular formula is C10H13FN2O. The normalized spacial score (nSPS) is 21.4. The summed E-state index contributed by atoms with van der Waals surface area (Å²) in [5.74, 6) is -0.325. The van der Waals surface area contributed by atoms with Crippen molar-refractivity contribution in [3.8, 4) is 0 Å². The van der Waals surface area contributed by atoms with Crippen LogP contribution < -0.4 is 11.1 Å². The second-order valence-corrected chi connectivity index (χ2v) is 3.74. The molecule has 4 heteroatoms. The van der Waals surface area contributed by atoms with Crippen molar-refractivity contribution in [2.45, 2.75) is 11.6 Å². The molecule has 2 rings (SSSR count). The molecule has 0 radical (unpaired) electrons. The molecule has 0 aliphatic carbocycles. The summed E-state index contributed by atoms with van der Waals surface area (Å²) in [5, 5.41) is 12.9. The van der Waals surface area contributed by atoms with Gasteiger partial charge in [-0.2, -0.15) is 0 Å². The molecule has 1 unspecified atom stereocenters. The van der Waals surface area contributed by atoms with Gasteiger partial charge in [-0.3, -0.25) is 0 Å². The van der Waals surface area contributed by atoms with Crippen molar-refractivity contribution in [2.24, 2.45) is 5.73 Å². The fourth-order valence-corrected chi connectivity index (χ4v) is 1.61. The Morgan fingerprint density at radius 2 is 2.21 bits per heavy atom. The number of benzene rings is 1. The minimum atomic E-state index is -0.923. The Bertz CT molecular complexity index is 339. The SMILES string of the molecule is NC(c1cccc(F)c1)C1(O)CNC1. The molecule has 1 aliphatic rings. The molecule has 0 bridgehead atoms. The lowest BCUT2D eigenvalue weighted by Gasteiger charge is -2.42. The van der Waals surface area contributed by atoms with Crippen molar-refractivity contribution in [1.82, 2.24) is 5.32 Å². The lowest BCUT2D eigenvalue weighted by molar-refractivity contribution is -0.0333. The van der Waals surface area contributed by atoms with E-state index < -0.39 is 11.6 Å². The van der Waals surface area contributed by atoms with Gasteiger partial charge in [-0.25, -0.2) is 4.39 Å². The summed E-state index contributed by atoms with van der Waals surface area (Å²) in [7, 11) is 0. The van der Waals surface area contributed by atoms with Crippen molar-refractivity contribution in [2.75, 3.05) is 13.1 Å². The van der Waals surface area contributed by atoms with Gasteiger partial charge in [0.25, 0.3) is 0 Å². The highest BCUT2D eigenvalue weighted by Crippen LogP contribution is 2.27. The van der Waals surface area contributed by atoms with E-state index >= 15 is 0 Å². The second kappa shape index (κ2) is 3.31. The van der Waals surface area contributed by atoms with E-state index in [0.717, 1.165) is 0 Å². The van der Waals surface area contributed by atoms with Gasteiger partial charge < -0.3 is 16.2 Å². The molecule has 3 nitrogen and oxygen atoms in total. The van der Waals surface area contributed by atoms with Gasteiger partial charge in [-0.15, -0.1) is 0 Å². The molecule has 1 atom stereocenters. The van der Waals surface area contributed by atoms with Crippen molar-refractivity contribution in [3.63, 3.8) is 0 Å². The van der Waals surface area contributed by atoms with E-state index in [2.05, 4.69) is 5.32 Å². The number of nitrogens with one attached hydrogen (secondary N) is 1. The standard InChI is InChI=1S/C10H13FN2O/c11-8-3-1-2-7(4-8)9(12)10(14)5-13-6-10/h1-4,9,13-14H,5-6,12H2. The summed E-state index contributed by atoms with van der Waals surface area (Å²) in [6, 6.07) is 5.52. The highest BCUT2D eigenvalue weighted by Gasteiger charge is 2.41. The minimum absolute atomic E-state index is 0.325. The van der Waals surface area contributed by atoms with E-state index in [4.69, 9.17) is 5.73 Å². The Morgan fingerprint density at radius 1 is 1.50 bits per heavy atom. The fraction of sp³-hybridized carbons (Fsp3) is 0.400. The first-order valence-electron chi connectivity index (χ1n) is 4.56. The topological polar surface area (TPSA) is 58.3 Å². The molecule has 1 aromatic rings. The second-order valence-electron chi connectivity index (χ2n) is 3.74. The molecule has 76 valence electrons. The van der Waals surface area contributed by atoms with Gasteiger partial charge in [-0.1, -0.05) is 12.1 Å². The third kappa shape index (κ3) is 1.52. The largest absolute Gasteiger partial charge is 0.385 e. The lowest BCUT2D eigenvalue weighted by atomic mass is 9.84. The maximum Gasteiger partial charge on any atom is 0.123 e. The molecule has 4 N–H and O–H groups in total. The molecule has 1 aliphatic heterocycles. The summed E-state index contributed by atoms with van der Waals surface area (Å²) in [5.41, 5.74) is 5.56. The number of rotatable bonds is 2. The van der Waals surface area contributed by atoms with Crippen LogP contribution in [-0.4, -0.2) is 23.8 Å². The summed E-state index contributed by atoms with van der Waals surface area (Å²) in [4.78, 5) is 0. The first kappa shape index (κ1) is 9.58. The van der Waals surface area contributed by atoms with Gasteiger partial charge in [0.15, 0.2) is 0 Å². The number of halogens is 1. The van der Waals surface area contributed by atoms with Crippen LogP contribution in [0.15, 0.2) is 24.3 Å². The van der Waals surface area contributed by atoms with Gasteiger partial charge in [0.2, 0.25) is 0 Å². The average Bonchev–Trinajstić information content (AvgIpc) is 2.13. The van der Waals surface area contributed by atoms with Crippen LogP contribution in [0.4, 0.5) is 4.39 Å². The molecule has 1 saturated heterocycles. The number of β-amino-alcohol motifs (C(OH)–C–C–N with tert-alkyl or cyclic N) is 1. The van der Waals surface area contributed by atoms with Crippen LogP contribution in [0.1, 0.15) is 11.6 Å². The summed E-state index contributed by atoms with van der Waals surface area (Å²) < 4.78 is 12.9. The highest BCUT2D eigenvalue weighted by atomic mass is 19.1. The first-order valence-corrected chi connectivity index (χ1v) is 4.56. The zero-order valence-electron chi connectivity index (χ0n) is 7.70. The molecule has 1 heterocycles. The van der Waals surface area contributed by atoms with Crippen LogP contribution in [0.25, 0.3) is 0 Å². The Balaban J connectivity index is 2.22. The molecule has 1 fully saturated rings. The van der Waals surface area contributed by atoms with Crippen molar-refractivity contribution in [3.05, 3.63) is 35.6 Å². The Labute approximate surface area is 81.7 Å². The van der Waals surface area contributed by atoms with Gasteiger partial charge in [0.05, 0.1) is 6.04 Å². The third-order valence-electron chi connectivity index (χ3n) is 2.65. The third-order valence-corrected chi connectivity index (χ3v) is 2.65. The van der Waals surface area contributed by atoms with Crippen LogP contribution in [0.3, 0.4) is 0 Å². The summed E-state index contributed by atoms with van der Waals surface area (Å²) >= 11 is 0. The van der Waals surface area contributed by atoms with Gasteiger partial charge in [0, 0.05) is 13.1 Å². The van der Waals surface area contributed by atoms with Crippen molar-refractivity contribution < 1.29 is 9.50 Å². The van der Waals surface area contributed by atoms with E-state index in [9.17, 15) is 9.50 Å². The fourth-order valence-electron chi connectivity index (χ4n) is 1.61. The predicted octanol–water partition coefficient (Wildman–Crippen LogP) is 0.160. The van der Waals surface area contributed by atoms with Gasteiger partial charge in [0.1, 0.15) is 11.4 Å². The molecule has 0 saturated carbocycles. The zero-order chi connectivity index (χ0) is 10.2. The van der Waals surface area contributed by atoms with Crippen molar-refractivity contribution in [1.29, 1.82) is 0 Å². The van der Waals surface area contributed by atoms with E-state index in [1.54, 1.807) is 12.1 Å². The predicted molar refractivity (Wildman–Crippen MR) is 51.1 cm³/mol. The average molecular weight is 196 g/mol. The summed E-state index contributed by atoms with van der Waals surface area (Å²) in [6.07, 6.45) is 0. The lowest BCUT2D eigenvalue weighted by Crippen LogP contribution is -2.64. The molecular weight excluding hydrogens is 183 g/mol. The number of hydrogen-bond acceptors (Lipinski definition) is 3. The van der Waals surface area contributed by atoms with Crippen LogP contribution in [0.5, 0.6) is 0 Å². The van der Waals surface area contributed by atoms with E-state index in [1.807, 2.05) is 0 Å². The quantitative estimate of drug-likeness (QED) is 0.631. The number of nitrogens with two attached hydrogens (primary N) is 1. The molecule has 0 amide bonds. The maximum absolute atomic E-state index is 12.9. The van der Waals surface area contributed by atoms with E-state index in [0.29, 0.717) is 18.7 Å². The van der Waals surface area contributed by atoms with Crippen LogP contribution in [-0.2, 0) is 0 Å². The smallest absolute Gasteiger partial charge is 0.123 e. The molecule has 0 spiro atoms. The maximum atomic E-state index is 12.9. The first-order chi connectivity index (χ1) is 6.62. The van der Waals surface area contributed by atoms with Gasteiger partial charge >= 0.3 is 0 Å². The Morgan fingerprint density at radius 3 is 2.71 bits per heavy atom. The number of hydrogen-bond donors (Lipinski definition) is 3. The monoisotopic (exact) mass is 196 g/mol. The Hall–Kier alpha value is -0.970. The van der Waals surface area contributed by atoms with Crippen LogP contribution in [0, 0.1) is 5.82 Å². The minimum Gasteiger partial charge on any atom is -0.385 e. The molecule has 14 heavy (non-hydrogen) atoms. The van der Waals surface area contributed by atoms with E-state index in [1.165, 1.54) is 12.1 Å². The molecule has 0 aromatic heterocycles. The highest BCUT2D eigenvalue weighted by molar-refractivity contribution is 5.24. The zero-order valence-corrected chi connectivity index (χ0v) is 7.70. The number of aliphatic hydroxyl groups is 1. The molecule has 1 aromatic carbocycles.